The van der Waals surface area contributed by atoms with Gasteiger partial charge in [-0.25, -0.2) is 26.8 Å². The first kappa shape index (κ1) is 60.4. The molecule has 0 unspecified atom stereocenters. The van der Waals surface area contributed by atoms with Crippen molar-refractivity contribution in [2.75, 3.05) is 89.0 Å². The highest BCUT2D eigenvalue weighted by Gasteiger charge is 2.36. The topological polar surface area (TPSA) is 222 Å². The van der Waals surface area contributed by atoms with Crippen molar-refractivity contribution in [2.24, 2.45) is 0 Å². The van der Waals surface area contributed by atoms with Crippen molar-refractivity contribution in [1.82, 2.24) is 39.0 Å². The summed E-state index contributed by atoms with van der Waals surface area (Å²) in [6.45, 7) is 14.1. The van der Waals surface area contributed by atoms with Gasteiger partial charge in [0.15, 0.2) is 11.3 Å². The van der Waals surface area contributed by atoms with Crippen molar-refractivity contribution in [3.8, 4) is 0 Å². The Kier molecular flexibility index (Phi) is 18.6. The zero-order valence-corrected chi connectivity index (χ0v) is 51.7. The van der Waals surface area contributed by atoms with Gasteiger partial charge < -0.3 is 34.0 Å². The molecule has 0 spiro atoms. The van der Waals surface area contributed by atoms with E-state index in [4.69, 9.17) is 59.5 Å². The number of sulfonamides is 2. The molecule has 6 aromatic rings. The summed E-state index contributed by atoms with van der Waals surface area (Å²) in [5.41, 5.74) is 3.60. The van der Waals surface area contributed by atoms with Crippen LogP contribution in [0.3, 0.4) is 0 Å². The third kappa shape index (κ3) is 14.5. The molecule has 0 bridgehead atoms. The second-order valence-corrected chi connectivity index (χ2v) is 27.6. The van der Waals surface area contributed by atoms with Gasteiger partial charge in [-0.2, -0.15) is 19.2 Å². The highest BCUT2D eigenvalue weighted by atomic mass is 35.5. The normalized spacial score (nSPS) is 23.1. The van der Waals surface area contributed by atoms with E-state index in [1.165, 1.54) is 49.9 Å². The Morgan fingerprint density at radius 1 is 0.518 bits per heavy atom. The first-order valence-electron chi connectivity index (χ1n) is 28.7. The lowest BCUT2D eigenvalue weighted by atomic mass is 9.98. The van der Waals surface area contributed by atoms with E-state index < -0.39 is 20.0 Å². The van der Waals surface area contributed by atoms with E-state index >= 15 is 0 Å². The molecule has 6 atom stereocenters. The van der Waals surface area contributed by atoms with Gasteiger partial charge in [-0.05, 0) is 109 Å². The van der Waals surface area contributed by atoms with Crippen LogP contribution in [0.2, 0.25) is 15.2 Å². The molecule has 2 N–H and O–H groups in total. The van der Waals surface area contributed by atoms with Crippen LogP contribution in [0.25, 0.3) is 11.3 Å². The number of morpholine rings is 2. The van der Waals surface area contributed by atoms with Gasteiger partial charge in [-0.3, -0.25) is 19.0 Å². The number of hydrogen-bond acceptors (Lipinski definition) is 15. The number of nitrogens with one attached hydrogen (secondary N) is 2. The molecule has 5 aliphatic heterocycles. The minimum Gasteiger partial charge on any atom is -0.372 e. The lowest BCUT2D eigenvalue weighted by Crippen LogP contribution is -2.46. The lowest BCUT2D eigenvalue weighted by molar-refractivity contribution is -0.00584. The number of nitrogens with zero attached hydrogens (tertiary/aromatic N) is 11. The van der Waals surface area contributed by atoms with Gasteiger partial charge in [-0.15, -0.1) is 0 Å². The van der Waals surface area contributed by atoms with Crippen LogP contribution in [0.15, 0.2) is 60.7 Å². The second kappa shape index (κ2) is 25.5. The summed E-state index contributed by atoms with van der Waals surface area (Å²) in [4.78, 5) is 47.6. The molecule has 4 aromatic heterocycles. The summed E-state index contributed by atoms with van der Waals surface area (Å²) in [5, 5.41) is 11.0. The van der Waals surface area contributed by atoms with Crippen molar-refractivity contribution in [3.63, 3.8) is 0 Å². The van der Waals surface area contributed by atoms with E-state index in [-0.39, 0.29) is 70.8 Å². The minimum atomic E-state index is -3.60. The maximum atomic E-state index is 14.0. The number of fused-ring (bicyclic) bond motifs is 2. The molecule has 12 rings (SSSR count). The summed E-state index contributed by atoms with van der Waals surface area (Å²) in [6.07, 6.45) is 14.5. The number of carbonyl (C=O) groups excluding carboxylic acids is 2. The molecular weight excluding hydrogens is 1170 g/mol. The summed E-state index contributed by atoms with van der Waals surface area (Å²) in [5.74, 6) is 2.11. The summed E-state index contributed by atoms with van der Waals surface area (Å²) in [7, 11) is -7.20. The molecule has 1 aliphatic carbocycles. The quantitative estimate of drug-likeness (QED) is 0.115. The molecule has 1 saturated carbocycles. The van der Waals surface area contributed by atoms with Gasteiger partial charge in [0.1, 0.15) is 22.6 Å². The number of benzene rings is 2. The van der Waals surface area contributed by atoms with E-state index in [1.807, 2.05) is 30.5 Å². The molecule has 6 aliphatic rings. The zero-order chi connectivity index (χ0) is 58.9. The van der Waals surface area contributed by atoms with Crippen molar-refractivity contribution >= 4 is 107 Å². The van der Waals surface area contributed by atoms with Crippen LogP contribution in [-0.4, -0.2) is 157 Å². The van der Waals surface area contributed by atoms with Gasteiger partial charge in [0.05, 0.1) is 82.9 Å². The van der Waals surface area contributed by atoms with Crippen LogP contribution in [-0.2, 0) is 29.5 Å². The van der Waals surface area contributed by atoms with E-state index in [0.717, 1.165) is 106 Å². The number of piperidine rings is 2. The van der Waals surface area contributed by atoms with E-state index in [0.29, 0.717) is 59.1 Å². The molecule has 0 radical (unpaired) electrons. The molecule has 26 heteroatoms. The van der Waals surface area contributed by atoms with Crippen LogP contribution < -0.4 is 24.1 Å². The Balaban J connectivity index is 0.000000174. The van der Waals surface area contributed by atoms with Crippen molar-refractivity contribution < 1.29 is 35.9 Å². The molecule has 5 saturated heterocycles. The van der Waals surface area contributed by atoms with E-state index in [2.05, 4.69) is 49.0 Å². The van der Waals surface area contributed by atoms with Crippen LogP contribution in [0.4, 0.5) is 28.8 Å². The molecular formula is C57H74Cl3N13O8S2. The molecule has 83 heavy (non-hydrogen) atoms. The van der Waals surface area contributed by atoms with Crippen LogP contribution in [0, 0.1) is 0 Å². The first-order valence-corrected chi connectivity index (χ1v) is 33.6. The van der Waals surface area contributed by atoms with Crippen LogP contribution in [0.1, 0.15) is 143 Å². The highest BCUT2D eigenvalue weighted by molar-refractivity contribution is 7.92. The second-order valence-electron chi connectivity index (χ2n) is 22.8. The fourth-order valence-corrected chi connectivity index (χ4v) is 13.3. The van der Waals surface area contributed by atoms with Crippen molar-refractivity contribution in [1.29, 1.82) is 0 Å². The Morgan fingerprint density at radius 2 is 0.940 bits per heavy atom. The average molecular weight is 1240 g/mol. The number of hydrogen-bond donors (Lipinski definition) is 2. The lowest BCUT2D eigenvalue weighted by Gasteiger charge is -2.38. The number of amides is 2. The van der Waals surface area contributed by atoms with Gasteiger partial charge >= 0.3 is 0 Å². The molecule has 2 aromatic carbocycles. The Hall–Kier alpha value is -5.69. The van der Waals surface area contributed by atoms with Crippen molar-refractivity contribution in [3.05, 3.63) is 98.4 Å². The Bertz CT molecular complexity index is 3560. The maximum absolute atomic E-state index is 14.0. The predicted molar refractivity (Wildman–Crippen MR) is 326 cm³/mol. The highest BCUT2D eigenvalue weighted by Crippen LogP contribution is 2.38. The Labute approximate surface area is 501 Å². The van der Waals surface area contributed by atoms with Gasteiger partial charge in [0.25, 0.3) is 11.8 Å². The molecule has 9 heterocycles. The van der Waals surface area contributed by atoms with Crippen LogP contribution >= 0.6 is 34.8 Å². The third-order valence-corrected chi connectivity index (χ3v) is 17.5. The number of halogens is 3. The maximum Gasteiger partial charge on any atom is 0.256 e. The smallest absolute Gasteiger partial charge is 0.256 e. The average Bonchev–Trinajstić information content (AvgIpc) is 4.09. The molecule has 6 fully saturated rings. The van der Waals surface area contributed by atoms with Gasteiger partial charge in [0, 0.05) is 86.7 Å². The summed E-state index contributed by atoms with van der Waals surface area (Å²) >= 11 is 18.9. The number of ether oxygens (including phenoxy) is 2. The summed E-state index contributed by atoms with van der Waals surface area (Å²) < 4.78 is 68.4. The van der Waals surface area contributed by atoms with Crippen LogP contribution in [0.5, 0.6) is 0 Å². The fourth-order valence-electron chi connectivity index (χ4n) is 11.6. The number of likely N-dealkylation sites (tertiary alicyclic amines) is 2. The SMILES string of the molecule is C1CCC1.C[C@@H]1CN(c2cc(Cl)nc3cc([C@@H]4CCCCN4C(=O)c4cc(Cl)ccc4NS(C)(=O)=O)nn23)C[C@H](C)O1.C[C@@H]1CN(c2cc(N3CCC3)nc3cc([C@@H]4CCCCN4C(=O)c4cc(Cl)ccc4NS(C)(=O)=O)nn23)C[C@H](C)O1. The summed E-state index contributed by atoms with van der Waals surface area (Å²) in [6, 6.07) is 16.3. The number of carbonyl (C=O) groups is 2. The zero-order valence-electron chi connectivity index (χ0n) is 47.8. The number of aromatic nitrogens is 6. The molecule has 2 amide bonds. The predicted octanol–water partition coefficient (Wildman–Crippen LogP) is 9.89. The molecule has 21 nitrogen and oxygen atoms in total. The van der Waals surface area contributed by atoms with Crippen molar-refractivity contribution in [2.45, 2.75) is 135 Å². The first-order chi connectivity index (χ1) is 39.5. The van der Waals surface area contributed by atoms with E-state index in [9.17, 15) is 26.4 Å². The minimum absolute atomic E-state index is 0.0506. The van der Waals surface area contributed by atoms with Gasteiger partial charge in [0.2, 0.25) is 20.0 Å². The fraction of sp³-hybridized carbons (Fsp3) is 0.544. The largest absolute Gasteiger partial charge is 0.372 e. The molecule has 448 valence electrons. The van der Waals surface area contributed by atoms with E-state index in [1.54, 1.807) is 32.5 Å². The number of anilines is 5. The third-order valence-electron chi connectivity index (χ3n) is 15.7. The monoisotopic (exact) mass is 1240 g/mol. The Morgan fingerprint density at radius 3 is 1.34 bits per heavy atom. The van der Waals surface area contributed by atoms with Gasteiger partial charge in [-0.1, -0.05) is 60.5 Å². The standard InChI is InChI=1S/C28H36ClN7O4S.C25H30Cl2N6O4S.C4H8/c1-18-16-34(17-19(2)40-18)27-15-25(33-10-6-11-33)30-26-14-23(31-36(26)27)24-7-4-5-12-35(24)28(37)21-13-20(29)8-9-22(21)32-41(3,38)39;1-15-13-31(14-16(2)37-15)24-12-22(27)28-23-11-20(29-33(23)24)21-6-4-5-9-32(21)25(34)18-10-17(26)7-8-19(18)30-38(3,35)36;1-2-4-3-1/h8-9,13-15,18-19,24,32H,4-7,10-12,16-17H2,1-3H3;7-8,10-12,15-16,21,30H,4-6,9,13-14H2,1-3H3;1-4H2/t18-,19+,24-;15-,16+,21-;/m00./s1. The number of rotatable bonds is 11.